The van der Waals surface area contributed by atoms with E-state index in [1.54, 1.807) is 59.0 Å². The molecule has 0 aromatic heterocycles. The molecule has 8 nitrogen and oxygen atoms in total. The molecule has 0 heterocycles. The molecule has 0 radical (unpaired) electrons. The highest BCUT2D eigenvalue weighted by Gasteiger charge is 2.23. The second-order valence-electron chi connectivity index (χ2n) is 7.52. The van der Waals surface area contributed by atoms with Crippen molar-refractivity contribution < 1.29 is 23.9 Å². The Hall–Kier alpha value is -2.77. The Balaban J connectivity index is 2.58. The van der Waals surface area contributed by atoms with E-state index in [1.807, 2.05) is 6.92 Å². The molecule has 8 heteroatoms. The van der Waals surface area contributed by atoms with Crippen LogP contribution in [0.25, 0.3) is 0 Å². The summed E-state index contributed by atoms with van der Waals surface area (Å²) in [4.78, 5) is 37.3. The summed E-state index contributed by atoms with van der Waals surface area (Å²) in [5.41, 5.74) is -0.0455. The van der Waals surface area contributed by atoms with E-state index in [9.17, 15) is 14.4 Å². The van der Waals surface area contributed by atoms with Crippen molar-refractivity contribution in [1.29, 1.82) is 0 Å². The maximum atomic E-state index is 12.4. The van der Waals surface area contributed by atoms with Crippen LogP contribution in [-0.2, 0) is 14.3 Å². The van der Waals surface area contributed by atoms with Gasteiger partial charge in [0.2, 0.25) is 5.91 Å². The number of anilines is 1. The van der Waals surface area contributed by atoms with Crippen LogP contribution in [0.2, 0.25) is 0 Å². The predicted octanol–water partition coefficient (Wildman–Crippen LogP) is 2.64. The molecule has 1 unspecified atom stereocenters. The quantitative estimate of drug-likeness (QED) is 0.708. The van der Waals surface area contributed by atoms with E-state index in [4.69, 9.17) is 9.47 Å². The number of rotatable bonds is 8. The Morgan fingerprint density at radius 1 is 1.21 bits per heavy atom. The zero-order chi connectivity index (χ0) is 21.3. The molecule has 1 rings (SSSR count). The Morgan fingerprint density at radius 3 is 2.50 bits per heavy atom. The molecule has 28 heavy (non-hydrogen) atoms. The van der Waals surface area contributed by atoms with Gasteiger partial charge >= 0.3 is 6.09 Å². The smallest absolute Gasteiger partial charge is 0.410 e. The molecule has 3 amide bonds. The third-order valence-corrected chi connectivity index (χ3v) is 3.55. The van der Waals surface area contributed by atoms with Crippen LogP contribution in [0.4, 0.5) is 10.5 Å². The van der Waals surface area contributed by atoms with E-state index in [0.29, 0.717) is 18.0 Å². The highest BCUT2D eigenvalue weighted by atomic mass is 16.6. The van der Waals surface area contributed by atoms with Crippen LogP contribution in [0.1, 0.15) is 34.6 Å². The summed E-state index contributed by atoms with van der Waals surface area (Å²) in [5.74, 6) is -0.424. The minimum atomic E-state index is -0.592. The van der Waals surface area contributed by atoms with Gasteiger partial charge in [-0.2, -0.15) is 0 Å². The molecule has 0 aliphatic rings. The number of hydrogen-bond acceptors (Lipinski definition) is 5. The molecule has 0 spiro atoms. The average Bonchev–Trinajstić information content (AvgIpc) is 2.59. The van der Waals surface area contributed by atoms with E-state index in [-0.39, 0.29) is 25.0 Å². The monoisotopic (exact) mass is 393 g/mol. The molecule has 1 aromatic rings. The number of ether oxygens (including phenoxy) is 2. The average molecular weight is 393 g/mol. The van der Waals surface area contributed by atoms with Crippen molar-refractivity contribution in [3.63, 3.8) is 0 Å². The van der Waals surface area contributed by atoms with Crippen molar-refractivity contribution in [2.75, 3.05) is 32.1 Å². The van der Waals surface area contributed by atoms with Gasteiger partial charge in [0.25, 0.3) is 5.91 Å². The first kappa shape index (κ1) is 23.3. The summed E-state index contributed by atoms with van der Waals surface area (Å²) >= 11 is 0. The molecule has 0 bridgehead atoms. The Morgan fingerprint density at radius 2 is 1.89 bits per heavy atom. The Bertz CT molecular complexity index is 685. The Labute approximate surface area is 166 Å². The number of amides is 3. The molecule has 156 valence electrons. The van der Waals surface area contributed by atoms with Gasteiger partial charge in [-0.15, -0.1) is 0 Å². The lowest BCUT2D eigenvalue weighted by Gasteiger charge is -2.26. The maximum absolute atomic E-state index is 12.4. The summed E-state index contributed by atoms with van der Waals surface area (Å²) < 4.78 is 10.7. The third-order valence-electron chi connectivity index (χ3n) is 3.55. The van der Waals surface area contributed by atoms with E-state index in [2.05, 4.69) is 10.6 Å². The largest absolute Gasteiger partial charge is 0.484 e. The summed E-state index contributed by atoms with van der Waals surface area (Å²) in [7, 11) is 1.59. The lowest BCUT2D eigenvalue weighted by molar-refractivity contribution is -0.123. The lowest BCUT2D eigenvalue weighted by atomic mass is 10.1. The van der Waals surface area contributed by atoms with Gasteiger partial charge in [0.15, 0.2) is 6.61 Å². The molecule has 0 aliphatic carbocycles. The second-order valence-corrected chi connectivity index (χ2v) is 7.52. The van der Waals surface area contributed by atoms with Gasteiger partial charge in [0.05, 0.1) is 5.92 Å². The summed E-state index contributed by atoms with van der Waals surface area (Å²) in [6, 6.07) is 6.79. The third kappa shape index (κ3) is 8.75. The van der Waals surface area contributed by atoms with Gasteiger partial charge < -0.3 is 25.0 Å². The van der Waals surface area contributed by atoms with Crippen LogP contribution < -0.4 is 15.4 Å². The van der Waals surface area contributed by atoms with Gasteiger partial charge in [0.1, 0.15) is 11.4 Å². The molecule has 0 saturated heterocycles. The SMILES string of the molecule is CCNC(=O)COc1cccc(NC(=O)C(C)CN(C)C(=O)OC(C)(C)C)c1. The minimum Gasteiger partial charge on any atom is -0.484 e. The first-order chi connectivity index (χ1) is 13.0. The fraction of sp³-hybridized carbons (Fsp3) is 0.550. The fourth-order valence-corrected chi connectivity index (χ4v) is 2.23. The fourth-order valence-electron chi connectivity index (χ4n) is 2.23. The number of benzene rings is 1. The van der Waals surface area contributed by atoms with Gasteiger partial charge in [-0.1, -0.05) is 13.0 Å². The van der Waals surface area contributed by atoms with E-state index in [0.717, 1.165) is 0 Å². The number of nitrogens with zero attached hydrogens (tertiary/aromatic N) is 1. The first-order valence-electron chi connectivity index (χ1n) is 9.26. The van der Waals surface area contributed by atoms with Gasteiger partial charge in [-0.25, -0.2) is 4.79 Å². The second kappa shape index (κ2) is 10.5. The van der Waals surface area contributed by atoms with Crippen molar-refractivity contribution in [2.45, 2.75) is 40.2 Å². The first-order valence-corrected chi connectivity index (χ1v) is 9.26. The normalized spacial score (nSPS) is 11.9. The van der Waals surface area contributed by atoms with Crippen LogP contribution in [0, 0.1) is 5.92 Å². The van der Waals surface area contributed by atoms with Crippen molar-refractivity contribution >= 4 is 23.6 Å². The molecule has 0 saturated carbocycles. The molecular weight excluding hydrogens is 362 g/mol. The van der Waals surface area contributed by atoms with Crippen LogP contribution in [0.3, 0.4) is 0 Å². The molecule has 1 atom stereocenters. The summed E-state index contributed by atoms with van der Waals surface area (Å²) in [6.07, 6.45) is -0.479. The van der Waals surface area contributed by atoms with Crippen LogP contribution in [0.5, 0.6) is 5.75 Å². The summed E-state index contributed by atoms with van der Waals surface area (Å²) in [6.45, 7) is 9.58. The highest BCUT2D eigenvalue weighted by Crippen LogP contribution is 2.18. The van der Waals surface area contributed by atoms with Crippen LogP contribution in [0.15, 0.2) is 24.3 Å². The zero-order valence-electron chi connectivity index (χ0n) is 17.5. The Kier molecular flexibility index (Phi) is 8.76. The topological polar surface area (TPSA) is 97.0 Å². The van der Waals surface area contributed by atoms with Crippen LogP contribution >= 0.6 is 0 Å². The number of carbonyl (C=O) groups excluding carboxylic acids is 3. The standard InChI is InChI=1S/C20H31N3O5/c1-7-21-17(24)13-27-16-10-8-9-15(11-16)22-18(25)14(2)12-23(6)19(26)28-20(3,4)5/h8-11,14H,7,12-13H2,1-6H3,(H,21,24)(H,22,25). The number of likely N-dealkylation sites (N-methyl/N-ethyl adjacent to an activating group) is 1. The van der Waals surface area contributed by atoms with E-state index in [1.165, 1.54) is 4.90 Å². The van der Waals surface area contributed by atoms with Crippen molar-refractivity contribution in [1.82, 2.24) is 10.2 Å². The van der Waals surface area contributed by atoms with E-state index >= 15 is 0 Å². The summed E-state index contributed by atoms with van der Waals surface area (Å²) in [5, 5.41) is 5.43. The van der Waals surface area contributed by atoms with Crippen molar-refractivity contribution in [2.24, 2.45) is 5.92 Å². The molecule has 2 N–H and O–H groups in total. The number of nitrogens with one attached hydrogen (secondary N) is 2. The van der Waals surface area contributed by atoms with Crippen molar-refractivity contribution in [3.8, 4) is 5.75 Å². The molecule has 0 fully saturated rings. The maximum Gasteiger partial charge on any atom is 0.410 e. The number of carbonyl (C=O) groups is 3. The van der Waals surface area contributed by atoms with Gasteiger partial charge in [-0.3, -0.25) is 9.59 Å². The highest BCUT2D eigenvalue weighted by molar-refractivity contribution is 5.92. The minimum absolute atomic E-state index is 0.0949. The van der Waals surface area contributed by atoms with Gasteiger partial charge in [0, 0.05) is 31.9 Å². The van der Waals surface area contributed by atoms with Gasteiger partial charge in [-0.05, 0) is 39.8 Å². The predicted molar refractivity (Wildman–Crippen MR) is 107 cm³/mol. The molecule has 1 aromatic carbocycles. The number of hydrogen-bond donors (Lipinski definition) is 2. The van der Waals surface area contributed by atoms with E-state index < -0.39 is 17.6 Å². The molecular formula is C20H31N3O5. The lowest BCUT2D eigenvalue weighted by Crippen LogP contribution is -2.39. The zero-order valence-corrected chi connectivity index (χ0v) is 17.5. The van der Waals surface area contributed by atoms with Crippen LogP contribution in [-0.4, -0.2) is 55.2 Å². The molecule has 0 aliphatic heterocycles. The van der Waals surface area contributed by atoms with Crippen molar-refractivity contribution in [3.05, 3.63) is 24.3 Å².